The van der Waals surface area contributed by atoms with Crippen LogP contribution in [0.3, 0.4) is 0 Å². The molecule has 9 atom stereocenters. The summed E-state index contributed by atoms with van der Waals surface area (Å²) in [6, 6.07) is 10.3. The van der Waals surface area contributed by atoms with E-state index in [1.807, 2.05) is 30.3 Å². The van der Waals surface area contributed by atoms with Gasteiger partial charge in [0.1, 0.15) is 0 Å². The van der Waals surface area contributed by atoms with Gasteiger partial charge < -0.3 is 74.4 Å². The van der Waals surface area contributed by atoms with Gasteiger partial charge in [-0.1, -0.05) is 108 Å². The van der Waals surface area contributed by atoms with E-state index < -0.39 is 6.10 Å². The molecule has 9 unspecified atom stereocenters. The van der Waals surface area contributed by atoms with Crippen LogP contribution in [0.25, 0.3) is 0 Å². The molecule has 1 heterocycles. The second-order valence-corrected chi connectivity index (χ2v) is 18.4. The summed E-state index contributed by atoms with van der Waals surface area (Å²) in [5, 5.41) is 76.5. The average molecular weight is 901 g/mol. The smallest absolute Gasteiger partial charge is 0.0895 e. The average Bonchev–Trinajstić information content (AvgIpc) is 4.01. The van der Waals surface area contributed by atoms with Gasteiger partial charge in [0.15, 0.2) is 0 Å². The van der Waals surface area contributed by atoms with Crippen molar-refractivity contribution in [3.05, 3.63) is 35.9 Å². The van der Waals surface area contributed by atoms with Crippen LogP contribution in [-0.4, -0.2) is 135 Å². The monoisotopic (exact) mass is 901 g/mol. The fourth-order valence-corrected chi connectivity index (χ4v) is 8.11. The van der Waals surface area contributed by atoms with Gasteiger partial charge in [0.2, 0.25) is 0 Å². The number of hydrogen-bond acceptors (Lipinski definition) is 14. The van der Waals surface area contributed by atoms with E-state index in [9.17, 15) is 0 Å². The zero-order valence-corrected chi connectivity index (χ0v) is 39.8. The van der Waals surface area contributed by atoms with Crippen molar-refractivity contribution < 1.29 is 40.9 Å². The molecule has 0 bridgehead atoms. The lowest BCUT2D eigenvalue weighted by atomic mass is 9.85. The lowest BCUT2D eigenvalue weighted by molar-refractivity contribution is 0.0920. The molecule has 18 N–H and O–H groups in total. The summed E-state index contributed by atoms with van der Waals surface area (Å²) in [7, 11) is 0. The molecule has 1 aliphatic heterocycles. The number of aliphatic hydroxyl groups excluding tert-OH is 8. The predicted molar refractivity (Wildman–Crippen MR) is 259 cm³/mol. The van der Waals surface area contributed by atoms with Gasteiger partial charge in [-0.25, -0.2) is 0 Å². The summed E-state index contributed by atoms with van der Waals surface area (Å²) in [5.74, 6) is 1.24. The highest BCUT2D eigenvalue weighted by atomic mass is 16.3. The third-order valence-corrected chi connectivity index (χ3v) is 12.7. The second-order valence-electron chi connectivity index (χ2n) is 18.4. The first-order valence-electron chi connectivity index (χ1n) is 25.0. The maximum atomic E-state index is 9.07. The summed E-state index contributed by atoms with van der Waals surface area (Å²) in [5.41, 5.74) is 23.2. The Bertz CT molecular complexity index is 1060. The van der Waals surface area contributed by atoms with Crippen molar-refractivity contribution in [2.75, 3.05) is 46.1 Å². The number of nitrogens with two attached hydrogens (primary N) is 4. The molecule has 1 aromatic carbocycles. The van der Waals surface area contributed by atoms with Crippen molar-refractivity contribution >= 4 is 0 Å². The highest BCUT2D eigenvalue weighted by molar-refractivity contribution is 5.18. The highest BCUT2D eigenvalue weighted by Crippen LogP contribution is 2.25. The van der Waals surface area contributed by atoms with Gasteiger partial charge in [0, 0.05) is 43.4 Å². The Morgan fingerprint density at radius 1 is 0.651 bits per heavy atom. The minimum absolute atomic E-state index is 0.00398. The van der Waals surface area contributed by atoms with Crippen molar-refractivity contribution in [2.24, 2.45) is 34.8 Å². The first kappa shape index (κ1) is 61.7. The highest BCUT2D eigenvalue weighted by Gasteiger charge is 2.21. The van der Waals surface area contributed by atoms with Crippen LogP contribution in [0, 0.1) is 11.8 Å². The minimum Gasteiger partial charge on any atom is -0.396 e. The summed E-state index contributed by atoms with van der Waals surface area (Å²) >= 11 is 0. The summed E-state index contributed by atoms with van der Waals surface area (Å²) in [4.78, 5) is 0. The summed E-state index contributed by atoms with van der Waals surface area (Å²) in [6.07, 6.45) is 26.5. The fraction of sp³-hybridized carbons (Fsp3) is 0.878. The number of benzene rings is 1. The third-order valence-electron chi connectivity index (χ3n) is 12.7. The summed E-state index contributed by atoms with van der Waals surface area (Å²) < 4.78 is 0. The molecular formula is C49H100N6O8. The molecule has 0 spiro atoms. The van der Waals surface area contributed by atoms with E-state index >= 15 is 0 Å². The van der Waals surface area contributed by atoms with Crippen LogP contribution in [0.15, 0.2) is 30.3 Å². The lowest BCUT2D eigenvalue weighted by Crippen LogP contribution is -2.37. The van der Waals surface area contributed by atoms with Gasteiger partial charge in [0.25, 0.3) is 0 Å². The fourth-order valence-electron chi connectivity index (χ4n) is 8.11. The number of unbranched alkanes of at least 4 members (excludes halogenated alkanes) is 2. The molecule has 0 amide bonds. The molecule has 14 heteroatoms. The van der Waals surface area contributed by atoms with Crippen LogP contribution in [-0.2, 0) is 0 Å². The van der Waals surface area contributed by atoms with E-state index in [1.54, 1.807) is 0 Å². The van der Waals surface area contributed by atoms with Crippen LogP contribution in [0.2, 0.25) is 0 Å². The summed E-state index contributed by atoms with van der Waals surface area (Å²) in [6.45, 7) is 6.60. The van der Waals surface area contributed by atoms with E-state index in [0.29, 0.717) is 43.7 Å². The van der Waals surface area contributed by atoms with Crippen LogP contribution < -0.4 is 33.6 Å². The van der Waals surface area contributed by atoms with Crippen molar-refractivity contribution in [1.82, 2.24) is 10.6 Å². The molecule has 0 radical (unpaired) electrons. The zero-order valence-electron chi connectivity index (χ0n) is 39.8. The van der Waals surface area contributed by atoms with Crippen LogP contribution in [0.4, 0.5) is 0 Å². The Balaban J connectivity index is 0.000000718. The van der Waals surface area contributed by atoms with E-state index in [0.717, 1.165) is 63.5 Å². The van der Waals surface area contributed by atoms with Crippen molar-refractivity contribution in [3.8, 4) is 0 Å². The van der Waals surface area contributed by atoms with Gasteiger partial charge in [-0.15, -0.1) is 0 Å². The molecule has 5 fully saturated rings. The van der Waals surface area contributed by atoms with Crippen molar-refractivity contribution in [2.45, 2.75) is 216 Å². The van der Waals surface area contributed by atoms with Gasteiger partial charge in [-0.2, -0.15) is 0 Å². The van der Waals surface area contributed by atoms with Crippen LogP contribution in [0.1, 0.15) is 173 Å². The maximum Gasteiger partial charge on any atom is 0.0895 e. The number of nitrogens with one attached hydrogen (secondary N) is 2. The zero-order chi connectivity index (χ0) is 47.1. The Labute approximate surface area is 383 Å². The van der Waals surface area contributed by atoms with Gasteiger partial charge in [-0.3, -0.25) is 0 Å². The number of rotatable bonds is 14. The second kappa shape index (κ2) is 42.0. The normalized spacial score (nSPS) is 25.4. The minimum atomic E-state index is -0.617. The largest absolute Gasteiger partial charge is 0.396 e. The van der Waals surface area contributed by atoms with Crippen molar-refractivity contribution in [1.29, 1.82) is 0 Å². The lowest BCUT2D eigenvalue weighted by Gasteiger charge is -2.25. The van der Waals surface area contributed by atoms with Gasteiger partial charge in [-0.05, 0) is 108 Å². The molecule has 0 aromatic heterocycles. The molecule has 1 saturated heterocycles. The van der Waals surface area contributed by atoms with E-state index in [2.05, 4.69) is 24.5 Å². The number of aliphatic hydroxyl groups is 8. The molecule has 4 saturated carbocycles. The molecular weight excluding hydrogens is 801 g/mol. The maximum absolute atomic E-state index is 9.07. The standard InChI is InChI=1S/C10H23NO2.C8H17NO.C8H11NO.C7H14O.C6H13NO.2C5H11NO/c1-3-4-5-6-9(2)11-7-10(13)8-12;2*9-8(6-10)7-4-2-1-3-5-7;8-6-7-4-2-1-3-5-7;7-5-3-1-2-4-6(5)8;7-4-5-2-1-3-6-5;6-4-2-1-3-5(4)7/h9-13H,3-8H2,1-2H3;7-8,10H,1-6,9H2;1-5,8,10H,6,9H2;7-8H,1-6H2;5-6,8H,1-4,7H2;5-7H,1-4H2;4-5,7H,1-3,6H2. The van der Waals surface area contributed by atoms with E-state index in [4.69, 9.17) is 63.8 Å². The van der Waals surface area contributed by atoms with E-state index in [1.165, 1.54) is 96.3 Å². The Hall–Kier alpha value is -1.34. The van der Waals surface area contributed by atoms with Crippen LogP contribution >= 0.6 is 0 Å². The topological polar surface area (TPSA) is 290 Å². The molecule has 1 aromatic rings. The third kappa shape index (κ3) is 33.7. The first-order valence-corrected chi connectivity index (χ1v) is 25.0. The molecule has 14 nitrogen and oxygen atoms in total. The molecule has 5 aliphatic rings. The quantitative estimate of drug-likeness (QED) is 0.118. The molecule has 4 aliphatic carbocycles. The van der Waals surface area contributed by atoms with Crippen LogP contribution in [0.5, 0.6) is 0 Å². The Morgan fingerprint density at radius 3 is 1.60 bits per heavy atom. The molecule has 374 valence electrons. The van der Waals surface area contributed by atoms with Gasteiger partial charge >= 0.3 is 0 Å². The molecule has 6 rings (SSSR count). The Kier molecular flexibility index (Phi) is 41.2. The van der Waals surface area contributed by atoms with E-state index in [-0.39, 0.29) is 56.2 Å². The Morgan fingerprint density at radius 2 is 1.21 bits per heavy atom. The first-order chi connectivity index (χ1) is 30.4. The SMILES string of the molecule is CCCCCC(C)NCC(O)CO.NC(CO)C1CCCCC1.NC(CO)c1ccccc1.NC1CCCC1O.NC1CCCCC1O.OCC1CCCCC1.OCC1CCCN1. The predicted octanol–water partition coefficient (Wildman–Crippen LogP) is 3.86. The molecule has 63 heavy (non-hydrogen) atoms. The van der Waals surface area contributed by atoms with Crippen molar-refractivity contribution in [3.63, 3.8) is 0 Å². The number of hydrogen-bond donors (Lipinski definition) is 14. The van der Waals surface area contributed by atoms with Gasteiger partial charge in [0.05, 0.1) is 50.8 Å².